The lowest BCUT2D eigenvalue weighted by Gasteiger charge is -2.50. The molecule has 6 unspecified atom stereocenters. The number of hydrogen-bond acceptors (Lipinski definition) is 5. The Balaban J connectivity index is 1.40. The van der Waals surface area contributed by atoms with E-state index in [9.17, 15) is 14.7 Å². The van der Waals surface area contributed by atoms with Crippen LogP contribution in [0.5, 0.6) is 5.75 Å². The van der Waals surface area contributed by atoms with Gasteiger partial charge in [0.15, 0.2) is 10.9 Å². The van der Waals surface area contributed by atoms with Crippen molar-refractivity contribution >= 4 is 75.9 Å². The van der Waals surface area contributed by atoms with Crippen LogP contribution < -0.4 is 5.32 Å². The van der Waals surface area contributed by atoms with Gasteiger partial charge in [0.2, 0.25) is 5.91 Å². The fourth-order valence-electron chi connectivity index (χ4n) is 6.87. The van der Waals surface area contributed by atoms with E-state index < -0.39 is 0 Å². The Labute approximate surface area is 228 Å². The molecule has 0 aliphatic heterocycles. The first-order valence-electron chi connectivity index (χ1n) is 11.7. The number of phenols is 1. The summed E-state index contributed by atoms with van der Waals surface area (Å²) < 4.78 is 1.49. The average molecular weight is 675 g/mol. The van der Waals surface area contributed by atoms with Crippen LogP contribution in [0.4, 0.5) is 5.13 Å². The molecule has 1 aromatic heterocycles. The first-order chi connectivity index (χ1) is 16.1. The number of aromatic hydroxyl groups is 1. The molecule has 2 aromatic rings. The molecule has 3 aliphatic carbocycles. The number of carbonyl (C=O) groups excluding carboxylic acids is 2. The zero-order valence-electron chi connectivity index (χ0n) is 19.0. The number of nitrogens with one attached hydrogen (secondary N) is 1. The highest BCUT2D eigenvalue weighted by Crippen LogP contribution is 2.64. The zero-order valence-corrected chi connectivity index (χ0v) is 24.6. The number of rotatable bonds is 4. The van der Waals surface area contributed by atoms with Gasteiger partial charge in [-0.25, -0.2) is 4.98 Å². The smallest absolute Gasteiger partial charge is 0.226 e. The number of nitrogens with zero attached hydrogens (tertiary/aromatic N) is 1. The van der Waals surface area contributed by atoms with Gasteiger partial charge in [-0.1, -0.05) is 22.9 Å². The van der Waals surface area contributed by atoms with Crippen molar-refractivity contribution < 1.29 is 14.7 Å². The minimum absolute atomic E-state index is 0.0419. The van der Waals surface area contributed by atoms with Crippen LogP contribution >= 0.6 is 59.1 Å². The number of benzene rings is 1. The quantitative estimate of drug-likeness (QED) is 0.339. The number of aromatic nitrogens is 1. The molecule has 5 nitrogen and oxygen atoms in total. The van der Waals surface area contributed by atoms with E-state index in [0.717, 1.165) is 35.0 Å². The van der Waals surface area contributed by atoms with Gasteiger partial charge in [-0.15, -0.1) is 11.3 Å². The third-order valence-electron chi connectivity index (χ3n) is 8.37. The van der Waals surface area contributed by atoms with Crippen molar-refractivity contribution in [2.75, 3.05) is 5.32 Å². The van der Waals surface area contributed by atoms with E-state index in [0.29, 0.717) is 40.1 Å². The Kier molecular flexibility index (Phi) is 6.79. The standard InChI is InChI=1S/C25H27Br3N2O3S/c1-11-10-29-24(34-11)30-18(31)6-5-15-19-13-3-4-14-16(9-17(26)22(32)20(14)27)12(13)7-8-25(19,2)23(33)21(15)28/h9-10,12-13,15,19,21,32H,3-8H2,1-2H3,(H,29,30,31). The lowest BCUT2D eigenvalue weighted by atomic mass is 9.54. The van der Waals surface area contributed by atoms with Crippen LogP contribution in [0, 0.1) is 30.1 Å². The van der Waals surface area contributed by atoms with Crippen LogP contribution in [0.25, 0.3) is 0 Å². The molecule has 0 spiro atoms. The maximum absolute atomic E-state index is 13.5. The number of thiazole rings is 1. The summed E-state index contributed by atoms with van der Waals surface area (Å²) in [7, 11) is 0. The zero-order chi connectivity index (χ0) is 24.4. The number of alkyl halides is 1. The highest BCUT2D eigenvalue weighted by atomic mass is 79.9. The first-order valence-corrected chi connectivity index (χ1v) is 15.0. The molecule has 2 fully saturated rings. The van der Waals surface area contributed by atoms with Crippen molar-refractivity contribution in [2.24, 2.45) is 23.2 Å². The molecule has 1 amide bonds. The summed E-state index contributed by atoms with van der Waals surface area (Å²) in [6.45, 7) is 4.12. The molecular weight excluding hydrogens is 648 g/mol. The molecule has 0 bridgehead atoms. The third kappa shape index (κ3) is 4.02. The van der Waals surface area contributed by atoms with Crippen molar-refractivity contribution in [3.8, 4) is 5.75 Å². The molecule has 2 N–H and O–H groups in total. The van der Waals surface area contributed by atoms with Gasteiger partial charge in [0.05, 0.1) is 13.8 Å². The number of Topliss-reactive ketones (excluding diaryl/α,β-unsaturated/α-hetero) is 1. The molecule has 9 heteroatoms. The molecule has 1 aromatic carbocycles. The third-order valence-corrected chi connectivity index (χ3v) is 11.8. The van der Waals surface area contributed by atoms with Crippen molar-refractivity contribution in [1.82, 2.24) is 4.98 Å². The van der Waals surface area contributed by atoms with E-state index in [2.05, 4.69) is 71.1 Å². The maximum Gasteiger partial charge on any atom is 0.226 e. The van der Waals surface area contributed by atoms with Gasteiger partial charge >= 0.3 is 0 Å². The van der Waals surface area contributed by atoms with Gasteiger partial charge < -0.3 is 10.4 Å². The number of carbonyl (C=O) groups is 2. The number of aryl methyl sites for hydroxylation is 1. The Morgan fingerprint density at radius 3 is 2.82 bits per heavy atom. The van der Waals surface area contributed by atoms with E-state index >= 15 is 0 Å². The number of anilines is 1. The highest BCUT2D eigenvalue weighted by molar-refractivity contribution is 9.11. The van der Waals surface area contributed by atoms with E-state index in [1.54, 1.807) is 6.20 Å². The molecule has 182 valence electrons. The molecule has 0 radical (unpaired) electrons. The molecular formula is C25H27Br3N2O3S. The first kappa shape index (κ1) is 24.9. The molecule has 34 heavy (non-hydrogen) atoms. The largest absolute Gasteiger partial charge is 0.506 e. The summed E-state index contributed by atoms with van der Waals surface area (Å²) in [6.07, 6.45) is 6.51. The van der Waals surface area contributed by atoms with Gasteiger partial charge in [-0.05, 0) is 112 Å². The summed E-state index contributed by atoms with van der Waals surface area (Å²) in [5.74, 6) is 1.62. The van der Waals surface area contributed by atoms with E-state index in [1.807, 2.05) is 6.92 Å². The van der Waals surface area contributed by atoms with Gasteiger partial charge in [0, 0.05) is 22.9 Å². The van der Waals surface area contributed by atoms with Crippen molar-refractivity contribution in [1.29, 1.82) is 0 Å². The molecule has 3 aliphatic rings. The summed E-state index contributed by atoms with van der Waals surface area (Å²) in [5, 5.41) is 14.0. The molecule has 1 heterocycles. The number of hydrogen-bond donors (Lipinski definition) is 2. The Bertz CT molecular complexity index is 1170. The Morgan fingerprint density at radius 2 is 2.12 bits per heavy atom. The molecule has 0 saturated heterocycles. The average Bonchev–Trinajstić information content (AvgIpc) is 3.29. The van der Waals surface area contributed by atoms with Gasteiger partial charge in [-0.2, -0.15) is 0 Å². The molecule has 2 saturated carbocycles. The lowest BCUT2D eigenvalue weighted by Crippen LogP contribution is -2.44. The second-order valence-corrected chi connectivity index (χ2v) is 14.0. The predicted molar refractivity (Wildman–Crippen MR) is 145 cm³/mol. The topological polar surface area (TPSA) is 79.3 Å². The van der Waals surface area contributed by atoms with Crippen LogP contribution in [-0.4, -0.2) is 26.6 Å². The predicted octanol–water partition coefficient (Wildman–Crippen LogP) is 7.13. The minimum Gasteiger partial charge on any atom is -0.506 e. The number of phenolic OH excluding ortho intramolecular Hbond substituents is 1. The van der Waals surface area contributed by atoms with E-state index in [-0.39, 0.29) is 33.7 Å². The Hall–Kier alpha value is -0.770. The summed E-state index contributed by atoms with van der Waals surface area (Å²) >= 11 is 12.4. The van der Waals surface area contributed by atoms with Gasteiger partial charge in [0.25, 0.3) is 0 Å². The normalized spacial score (nSPS) is 32.1. The summed E-state index contributed by atoms with van der Waals surface area (Å²) in [4.78, 5) is 31.2. The molecule has 5 rings (SSSR count). The second kappa shape index (κ2) is 9.27. The van der Waals surface area contributed by atoms with E-state index in [4.69, 9.17) is 0 Å². The number of amides is 1. The number of ketones is 1. The molecule has 6 atom stereocenters. The van der Waals surface area contributed by atoms with Crippen LogP contribution in [-0.2, 0) is 16.0 Å². The fraction of sp³-hybridized carbons (Fsp3) is 0.560. The van der Waals surface area contributed by atoms with Crippen LogP contribution in [0.15, 0.2) is 21.2 Å². The second-order valence-electron chi connectivity index (χ2n) is 10.2. The summed E-state index contributed by atoms with van der Waals surface area (Å²) in [6, 6.07) is 2.08. The lowest BCUT2D eigenvalue weighted by molar-refractivity contribution is -0.129. The van der Waals surface area contributed by atoms with Crippen LogP contribution in [0.2, 0.25) is 0 Å². The number of fused-ring (bicyclic) bond motifs is 5. The SMILES string of the molecule is Cc1cnc(NC(=O)CCC2C(Br)C(=O)C3(C)CCC4c5cc(Br)c(O)c(Br)c5CCC4C23)s1. The van der Waals surface area contributed by atoms with E-state index in [1.165, 1.54) is 22.5 Å². The van der Waals surface area contributed by atoms with Crippen molar-refractivity contribution in [2.45, 2.75) is 63.1 Å². The summed E-state index contributed by atoms with van der Waals surface area (Å²) in [5.41, 5.74) is 2.13. The van der Waals surface area contributed by atoms with Crippen LogP contribution in [0.1, 0.15) is 60.9 Å². The van der Waals surface area contributed by atoms with Crippen molar-refractivity contribution in [3.63, 3.8) is 0 Å². The van der Waals surface area contributed by atoms with Crippen LogP contribution in [0.3, 0.4) is 0 Å². The highest BCUT2D eigenvalue weighted by Gasteiger charge is 2.62. The van der Waals surface area contributed by atoms with Gasteiger partial charge in [0.1, 0.15) is 5.75 Å². The van der Waals surface area contributed by atoms with Crippen molar-refractivity contribution in [3.05, 3.63) is 37.2 Å². The minimum atomic E-state index is -0.355. The number of halogens is 3. The monoisotopic (exact) mass is 672 g/mol. The van der Waals surface area contributed by atoms with Gasteiger partial charge in [-0.3, -0.25) is 9.59 Å². The maximum atomic E-state index is 13.5. The Morgan fingerprint density at radius 1 is 1.35 bits per heavy atom. The fourth-order valence-corrected chi connectivity index (χ4v) is 10.0.